The second-order valence-electron chi connectivity index (χ2n) is 3.91. The van der Waals surface area contributed by atoms with E-state index in [2.05, 4.69) is 14.8 Å². The van der Waals surface area contributed by atoms with Crippen molar-refractivity contribution >= 4 is 11.8 Å². The Labute approximate surface area is 102 Å². The van der Waals surface area contributed by atoms with Gasteiger partial charge in [-0.15, -0.1) is 8.78 Å². The summed E-state index contributed by atoms with van der Waals surface area (Å²) in [5.41, 5.74) is 0.278. The summed E-state index contributed by atoms with van der Waals surface area (Å²) in [6.07, 6.45) is -4.61. The first-order valence-electron chi connectivity index (χ1n) is 5.23. The molecule has 0 unspecified atom stereocenters. The third-order valence-corrected chi connectivity index (χ3v) is 1.99. The predicted molar refractivity (Wildman–Crippen MR) is 57.9 cm³/mol. The Bertz CT molecular complexity index is 476. The lowest BCUT2D eigenvalue weighted by molar-refractivity contribution is -0.286. The first kappa shape index (κ1) is 12.4. The van der Waals surface area contributed by atoms with Crippen LogP contribution in [0.1, 0.15) is 13.8 Å². The van der Waals surface area contributed by atoms with E-state index in [0.29, 0.717) is 0 Å². The summed E-state index contributed by atoms with van der Waals surface area (Å²) in [6.45, 7) is 3.39. The van der Waals surface area contributed by atoms with Gasteiger partial charge in [-0.1, -0.05) is 0 Å². The molecule has 0 saturated heterocycles. The van der Waals surface area contributed by atoms with Crippen LogP contribution in [0.4, 0.5) is 19.3 Å². The van der Waals surface area contributed by atoms with Gasteiger partial charge in [0.1, 0.15) is 0 Å². The number of nitrogens with one attached hydrogen (secondary N) is 1. The molecule has 1 aliphatic heterocycles. The number of hydrogen-bond donors (Lipinski definition) is 1. The summed E-state index contributed by atoms with van der Waals surface area (Å²) >= 11 is 0. The van der Waals surface area contributed by atoms with Gasteiger partial charge in [-0.25, -0.2) is 4.79 Å². The number of benzene rings is 1. The van der Waals surface area contributed by atoms with Gasteiger partial charge >= 0.3 is 12.4 Å². The van der Waals surface area contributed by atoms with Crippen LogP contribution in [0, 0.1) is 0 Å². The number of carbonyl (C=O) groups is 1. The Morgan fingerprint density at radius 2 is 2.00 bits per heavy atom. The summed E-state index contributed by atoms with van der Waals surface area (Å²) in [5, 5.41) is 2.39. The lowest BCUT2D eigenvalue weighted by Gasteiger charge is -2.09. The van der Waals surface area contributed by atoms with Crippen LogP contribution in [0.15, 0.2) is 18.2 Å². The molecule has 2 rings (SSSR count). The molecule has 0 saturated carbocycles. The van der Waals surface area contributed by atoms with Crippen molar-refractivity contribution in [2.75, 3.05) is 5.32 Å². The van der Waals surface area contributed by atoms with Crippen LogP contribution in [0.5, 0.6) is 11.5 Å². The van der Waals surface area contributed by atoms with Crippen LogP contribution in [-0.4, -0.2) is 18.5 Å². The molecule has 98 valence electrons. The van der Waals surface area contributed by atoms with Crippen molar-refractivity contribution in [3.63, 3.8) is 0 Å². The van der Waals surface area contributed by atoms with Crippen molar-refractivity contribution in [2.45, 2.75) is 26.2 Å². The SMILES string of the molecule is CC(C)OC(=O)Nc1ccc2c(c1)OC(F)(F)O2. The van der Waals surface area contributed by atoms with Gasteiger partial charge in [-0.2, -0.15) is 0 Å². The standard InChI is InChI=1S/C11H11F2NO4/c1-6(2)16-10(15)14-7-3-4-8-9(5-7)18-11(12,13)17-8/h3-6H,1-2H3,(H,14,15). The molecule has 0 atom stereocenters. The van der Waals surface area contributed by atoms with Gasteiger partial charge < -0.3 is 14.2 Å². The predicted octanol–water partition coefficient (Wildman–Crippen LogP) is 2.97. The fraction of sp³-hybridized carbons (Fsp3) is 0.364. The van der Waals surface area contributed by atoms with Gasteiger partial charge in [0.15, 0.2) is 11.5 Å². The van der Waals surface area contributed by atoms with Crippen molar-refractivity contribution in [3.05, 3.63) is 18.2 Å². The maximum Gasteiger partial charge on any atom is 0.586 e. The van der Waals surface area contributed by atoms with E-state index in [4.69, 9.17) is 4.74 Å². The third kappa shape index (κ3) is 2.79. The van der Waals surface area contributed by atoms with Crippen molar-refractivity contribution in [3.8, 4) is 11.5 Å². The number of halogens is 2. The number of fused-ring (bicyclic) bond motifs is 1. The van der Waals surface area contributed by atoms with E-state index in [9.17, 15) is 13.6 Å². The molecule has 18 heavy (non-hydrogen) atoms. The molecule has 1 N–H and O–H groups in total. The maximum absolute atomic E-state index is 12.7. The summed E-state index contributed by atoms with van der Waals surface area (Å²) in [7, 11) is 0. The zero-order valence-electron chi connectivity index (χ0n) is 9.70. The van der Waals surface area contributed by atoms with Crippen LogP contribution in [0.2, 0.25) is 0 Å². The van der Waals surface area contributed by atoms with Crippen molar-refractivity contribution in [1.29, 1.82) is 0 Å². The highest BCUT2D eigenvalue weighted by Crippen LogP contribution is 2.42. The number of ether oxygens (including phenoxy) is 3. The van der Waals surface area contributed by atoms with E-state index in [1.807, 2.05) is 0 Å². The van der Waals surface area contributed by atoms with E-state index < -0.39 is 12.4 Å². The Kier molecular flexibility index (Phi) is 2.98. The summed E-state index contributed by atoms with van der Waals surface area (Å²) in [4.78, 5) is 11.3. The van der Waals surface area contributed by atoms with Gasteiger partial charge in [0.2, 0.25) is 0 Å². The molecular formula is C11H11F2NO4. The smallest absolute Gasteiger partial charge is 0.447 e. The molecule has 1 amide bonds. The van der Waals surface area contributed by atoms with E-state index >= 15 is 0 Å². The van der Waals surface area contributed by atoms with Gasteiger partial charge in [0.05, 0.1) is 6.10 Å². The van der Waals surface area contributed by atoms with Crippen LogP contribution in [-0.2, 0) is 4.74 Å². The van der Waals surface area contributed by atoms with Crippen molar-refractivity contribution in [1.82, 2.24) is 0 Å². The molecule has 0 aromatic heterocycles. The van der Waals surface area contributed by atoms with E-state index in [0.717, 1.165) is 0 Å². The van der Waals surface area contributed by atoms with Gasteiger partial charge in [-0.3, -0.25) is 5.32 Å². The van der Waals surface area contributed by atoms with Gasteiger partial charge in [-0.05, 0) is 26.0 Å². The Balaban J connectivity index is 2.07. The molecule has 0 radical (unpaired) electrons. The molecule has 0 aliphatic carbocycles. The monoisotopic (exact) mass is 259 g/mol. The number of hydrogen-bond acceptors (Lipinski definition) is 4. The van der Waals surface area contributed by atoms with E-state index in [-0.39, 0.29) is 23.3 Å². The second kappa shape index (κ2) is 4.32. The van der Waals surface area contributed by atoms with Crippen molar-refractivity contribution < 1.29 is 27.8 Å². The minimum absolute atomic E-state index is 0.0808. The average molecular weight is 259 g/mol. The summed E-state index contributed by atoms with van der Waals surface area (Å²) in [6, 6.07) is 3.92. The van der Waals surface area contributed by atoms with Crippen LogP contribution >= 0.6 is 0 Å². The zero-order chi connectivity index (χ0) is 13.3. The summed E-state index contributed by atoms with van der Waals surface area (Å²) in [5.74, 6) is -0.217. The number of rotatable bonds is 2. The van der Waals surface area contributed by atoms with E-state index in [1.165, 1.54) is 18.2 Å². The number of carbonyl (C=O) groups excluding carboxylic acids is 1. The fourth-order valence-corrected chi connectivity index (χ4v) is 1.39. The highest BCUT2D eigenvalue weighted by Gasteiger charge is 2.43. The first-order chi connectivity index (χ1) is 8.35. The molecule has 1 heterocycles. The fourth-order valence-electron chi connectivity index (χ4n) is 1.39. The van der Waals surface area contributed by atoms with Gasteiger partial charge in [0.25, 0.3) is 0 Å². The lowest BCUT2D eigenvalue weighted by atomic mass is 10.3. The topological polar surface area (TPSA) is 56.8 Å². The Hall–Kier alpha value is -2.05. The first-order valence-corrected chi connectivity index (χ1v) is 5.23. The molecule has 7 heteroatoms. The molecule has 1 aliphatic rings. The third-order valence-electron chi connectivity index (χ3n) is 1.99. The molecule has 0 bridgehead atoms. The van der Waals surface area contributed by atoms with Crippen LogP contribution in [0.25, 0.3) is 0 Å². The molecule has 1 aromatic carbocycles. The highest BCUT2D eigenvalue weighted by atomic mass is 19.3. The van der Waals surface area contributed by atoms with Crippen LogP contribution < -0.4 is 14.8 Å². The molecule has 5 nitrogen and oxygen atoms in total. The largest absolute Gasteiger partial charge is 0.586 e. The minimum atomic E-state index is -3.67. The highest BCUT2D eigenvalue weighted by molar-refractivity contribution is 5.85. The molecular weight excluding hydrogens is 248 g/mol. The number of anilines is 1. The maximum atomic E-state index is 12.7. The quantitative estimate of drug-likeness (QED) is 0.887. The lowest BCUT2D eigenvalue weighted by Crippen LogP contribution is -2.25. The normalized spacial score (nSPS) is 15.6. The molecule has 0 fully saturated rings. The molecule has 0 spiro atoms. The zero-order valence-corrected chi connectivity index (χ0v) is 9.70. The Morgan fingerprint density at radius 3 is 2.67 bits per heavy atom. The number of alkyl halides is 2. The number of amides is 1. The summed E-state index contributed by atoms with van der Waals surface area (Å²) < 4.78 is 38.8. The van der Waals surface area contributed by atoms with Crippen molar-refractivity contribution in [2.24, 2.45) is 0 Å². The molecule has 1 aromatic rings. The van der Waals surface area contributed by atoms with Gasteiger partial charge in [0, 0.05) is 11.8 Å². The Morgan fingerprint density at radius 1 is 1.33 bits per heavy atom. The van der Waals surface area contributed by atoms with E-state index in [1.54, 1.807) is 13.8 Å². The van der Waals surface area contributed by atoms with Crippen LogP contribution in [0.3, 0.4) is 0 Å². The minimum Gasteiger partial charge on any atom is -0.447 e. The second-order valence-corrected chi connectivity index (χ2v) is 3.91. The average Bonchev–Trinajstić information content (AvgIpc) is 2.49.